The molecule has 18 heteroatoms. The number of methoxy groups -OCH3 is 2. The fraction of sp³-hybridized carbons (Fsp3) is 0.381. The van der Waals surface area contributed by atoms with Crippen LogP contribution in [0.5, 0.6) is 23.0 Å². The van der Waals surface area contributed by atoms with E-state index in [4.69, 9.17) is 28.9 Å². The van der Waals surface area contributed by atoms with Gasteiger partial charge < -0.3 is 39.4 Å². The van der Waals surface area contributed by atoms with Gasteiger partial charge >= 0.3 is 0 Å². The maximum atomic E-state index is 14.1. The molecule has 0 unspecified atom stereocenters. The number of carbonyl (C=O) groups excluding carboxylic acids is 7. The molecule has 5 aliphatic rings. The fourth-order valence-corrected chi connectivity index (χ4v) is 10.5. The van der Waals surface area contributed by atoms with E-state index in [0.29, 0.717) is 103 Å². The summed E-state index contributed by atoms with van der Waals surface area (Å²) in [5, 5.41) is 5.75. The first-order valence-corrected chi connectivity index (χ1v) is 27.8. The third-order valence-corrected chi connectivity index (χ3v) is 15.1. The number of rotatable bonds is 25. The van der Waals surface area contributed by atoms with E-state index in [9.17, 15) is 33.6 Å². The van der Waals surface area contributed by atoms with E-state index in [1.165, 1.54) is 29.7 Å². The van der Waals surface area contributed by atoms with Crippen molar-refractivity contribution in [2.45, 2.75) is 110 Å². The number of nitrogens with one attached hydrogen (secondary N) is 2. The fourth-order valence-electron chi connectivity index (χ4n) is 10.5. The number of fused-ring (bicyclic) bond motifs is 4. The molecular weight excluding hydrogens is 1030 g/mol. The summed E-state index contributed by atoms with van der Waals surface area (Å²) >= 11 is 0. The lowest BCUT2D eigenvalue weighted by atomic mass is 9.92. The van der Waals surface area contributed by atoms with Crippen LogP contribution in [0.3, 0.4) is 0 Å². The van der Waals surface area contributed by atoms with Crippen LogP contribution < -0.4 is 29.6 Å². The van der Waals surface area contributed by atoms with Crippen molar-refractivity contribution in [2.24, 2.45) is 21.8 Å². The van der Waals surface area contributed by atoms with E-state index in [1.54, 1.807) is 66.4 Å². The summed E-state index contributed by atoms with van der Waals surface area (Å²) in [7, 11) is 3.09. The number of imide groups is 1. The summed E-state index contributed by atoms with van der Waals surface area (Å²) < 4.78 is 23.7. The van der Waals surface area contributed by atoms with Gasteiger partial charge in [-0.15, -0.1) is 0 Å². The van der Waals surface area contributed by atoms with E-state index >= 15 is 0 Å². The SMILES string of the molecule is COc1cc2c(cc1OCCCCCOc1cc3c(cc1OC)C(=O)N1C=C(c4ccc(NC(=O)[C@H](C)CC(=O)[C@@H](NC(=O)CCCCCN5C(=O)C=CC5=O)C(C)C)cc4)C[C@@H]1C=N3)N=C[C@H]1CC(c3ccc(C)cc3)=CN1C2=O. The molecule has 5 heterocycles. The predicted octanol–water partition coefficient (Wildman–Crippen LogP) is 9.74. The zero-order chi connectivity index (χ0) is 57.3. The Morgan fingerprint density at radius 3 is 1.65 bits per heavy atom. The van der Waals surface area contributed by atoms with Gasteiger partial charge in [0.05, 0.1) is 68.1 Å². The molecule has 6 amide bonds. The van der Waals surface area contributed by atoms with Gasteiger partial charge in [0, 0.05) is 92.9 Å². The lowest BCUT2D eigenvalue weighted by Gasteiger charge is -2.23. The minimum absolute atomic E-state index is 0.0627. The van der Waals surface area contributed by atoms with Crippen LogP contribution in [0.25, 0.3) is 11.1 Å². The van der Waals surface area contributed by atoms with Gasteiger partial charge in [0.1, 0.15) is 0 Å². The Kier molecular flexibility index (Phi) is 18.0. The van der Waals surface area contributed by atoms with Gasteiger partial charge in [-0.3, -0.25) is 48.4 Å². The minimum Gasteiger partial charge on any atom is -0.493 e. The molecule has 422 valence electrons. The molecule has 4 atom stereocenters. The second-order valence-electron chi connectivity index (χ2n) is 21.4. The van der Waals surface area contributed by atoms with Crippen LogP contribution >= 0.6 is 0 Å². The Balaban J connectivity index is 0.714. The number of Topliss-reactive ketones (excluding diaryl/α,β-unsaturated/α-hetero) is 1. The minimum atomic E-state index is -0.755. The molecule has 0 radical (unpaired) electrons. The monoisotopic (exact) mass is 1100 g/mol. The summed E-state index contributed by atoms with van der Waals surface area (Å²) in [5.74, 6) is -0.864. The predicted molar refractivity (Wildman–Crippen MR) is 308 cm³/mol. The van der Waals surface area contributed by atoms with Gasteiger partial charge in [-0.05, 0) is 91.5 Å². The second kappa shape index (κ2) is 25.6. The molecule has 0 aliphatic carbocycles. The number of amides is 6. The number of aryl methyl sites for hydroxylation is 1. The molecule has 81 heavy (non-hydrogen) atoms. The molecule has 0 fully saturated rings. The molecule has 5 aliphatic heterocycles. The summed E-state index contributed by atoms with van der Waals surface area (Å²) in [6.07, 6.45) is 15.2. The van der Waals surface area contributed by atoms with Crippen molar-refractivity contribution in [3.8, 4) is 23.0 Å². The van der Waals surface area contributed by atoms with Gasteiger partial charge in [0.25, 0.3) is 23.6 Å². The van der Waals surface area contributed by atoms with Crippen LogP contribution in [0.2, 0.25) is 0 Å². The molecular formula is C63H69N7O11. The van der Waals surface area contributed by atoms with Crippen LogP contribution in [-0.2, 0) is 24.0 Å². The Morgan fingerprint density at radius 2 is 1.15 bits per heavy atom. The van der Waals surface area contributed by atoms with Gasteiger partial charge in [-0.2, -0.15) is 0 Å². The molecule has 0 aromatic heterocycles. The van der Waals surface area contributed by atoms with Crippen molar-refractivity contribution in [3.63, 3.8) is 0 Å². The lowest BCUT2D eigenvalue weighted by Crippen LogP contribution is -2.45. The summed E-state index contributed by atoms with van der Waals surface area (Å²) in [6, 6.07) is 21.2. The van der Waals surface area contributed by atoms with E-state index in [-0.39, 0.29) is 72.1 Å². The molecule has 0 saturated carbocycles. The largest absolute Gasteiger partial charge is 0.493 e. The molecule has 0 spiro atoms. The maximum Gasteiger partial charge on any atom is 0.260 e. The quantitative estimate of drug-likeness (QED) is 0.0471. The highest BCUT2D eigenvalue weighted by atomic mass is 16.5. The van der Waals surface area contributed by atoms with Crippen molar-refractivity contribution in [3.05, 3.63) is 125 Å². The van der Waals surface area contributed by atoms with Crippen molar-refractivity contribution in [1.82, 2.24) is 20.0 Å². The first kappa shape index (κ1) is 57.0. The number of ether oxygens (including phenoxy) is 4. The van der Waals surface area contributed by atoms with Crippen LogP contribution in [-0.4, -0.2) is 120 Å². The Morgan fingerprint density at radius 1 is 0.642 bits per heavy atom. The van der Waals surface area contributed by atoms with E-state index in [0.717, 1.165) is 41.5 Å². The van der Waals surface area contributed by atoms with Gasteiger partial charge in [-0.25, -0.2) is 0 Å². The van der Waals surface area contributed by atoms with Crippen molar-refractivity contribution >= 4 is 81.9 Å². The first-order valence-electron chi connectivity index (χ1n) is 27.8. The Labute approximate surface area is 471 Å². The molecule has 0 saturated heterocycles. The smallest absolute Gasteiger partial charge is 0.260 e. The third-order valence-electron chi connectivity index (χ3n) is 15.1. The number of anilines is 1. The number of hydrogen-bond donors (Lipinski definition) is 2. The van der Waals surface area contributed by atoms with Crippen LogP contribution in [0.4, 0.5) is 17.1 Å². The molecule has 18 nitrogen and oxygen atoms in total. The number of hydrogen-bond acceptors (Lipinski definition) is 13. The van der Waals surface area contributed by atoms with Gasteiger partial charge in [-0.1, -0.05) is 69.2 Å². The average molecular weight is 1100 g/mol. The Hall–Kier alpha value is -8.67. The molecule has 9 rings (SSSR count). The molecule has 2 N–H and O–H groups in total. The van der Waals surface area contributed by atoms with Crippen LogP contribution in [0.15, 0.2) is 107 Å². The van der Waals surface area contributed by atoms with Crippen molar-refractivity contribution in [1.29, 1.82) is 0 Å². The van der Waals surface area contributed by atoms with Crippen molar-refractivity contribution < 1.29 is 52.5 Å². The first-order chi connectivity index (χ1) is 39.1. The number of aliphatic imine (C=N–C) groups is 2. The van der Waals surface area contributed by atoms with E-state index in [1.807, 2.05) is 44.6 Å². The maximum absolute atomic E-state index is 14.1. The summed E-state index contributed by atoms with van der Waals surface area (Å²) in [4.78, 5) is 105. The topological polar surface area (TPSA) is 215 Å². The lowest BCUT2D eigenvalue weighted by molar-refractivity contribution is -0.137. The normalized spacial score (nSPS) is 17.6. The highest BCUT2D eigenvalue weighted by Gasteiger charge is 2.36. The van der Waals surface area contributed by atoms with Crippen LogP contribution in [0, 0.1) is 18.8 Å². The third kappa shape index (κ3) is 13.3. The Bertz CT molecular complexity index is 3230. The van der Waals surface area contributed by atoms with Crippen molar-refractivity contribution in [2.75, 3.05) is 39.3 Å². The number of benzene rings is 4. The number of ketones is 1. The zero-order valence-corrected chi connectivity index (χ0v) is 46.7. The number of nitrogens with zero attached hydrogens (tertiary/aromatic N) is 5. The number of carbonyl (C=O) groups is 7. The highest BCUT2D eigenvalue weighted by Crippen LogP contribution is 2.42. The number of unbranched alkanes of at least 4 members (excludes halogenated alkanes) is 4. The zero-order valence-electron chi connectivity index (χ0n) is 46.7. The standard InChI is InChI=1S/C63H69N7O11/c1-38(2)60(67-57(72)13-9-7-10-24-68-58(73)22-23-59(68)74)52(71)27-40(4)61(75)66-45-20-18-42(19-21-45)44-29-47-35-65-51-33-56(54(79-6)31-49(51)63(77)70(47)37-44)81-26-12-8-11-25-80-55-32-50-48(30-53(55)78-5)62(76)69-36-43(28-46(69)34-64-50)41-16-14-39(3)15-17-41/h14-23,30-38,40,46-47,60H,7-13,24-29H2,1-6H3,(H,66,75)(H,67,72)/t40-,46-,47-,60+/m1/s1. The summed E-state index contributed by atoms with van der Waals surface area (Å²) in [6.45, 7) is 8.52. The highest BCUT2D eigenvalue weighted by molar-refractivity contribution is 6.13. The molecule has 0 bridgehead atoms. The van der Waals surface area contributed by atoms with Crippen LogP contribution in [0.1, 0.15) is 122 Å². The van der Waals surface area contributed by atoms with E-state index < -0.39 is 12.0 Å². The second-order valence-corrected chi connectivity index (χ2v) is 21.4. The molecule has 4 aromatic rings. The average Bonchev–Trinajstić information content (AvgIpc) is 4.15. The van der Waals surface area contributed by atoms with Gasteiger partial charge in [0.2, 0.25) is 11.8 Å². The van der Waals surface area contributed by atoms with E-state index in [2.05, 4.69) is 41.8 Å². The summed E-state index contributed by atoms with van der Waals surface area (Å²) in [5.41, 5.74) is 7.55. The van der Waals surface area contributed by atoms with Gasteiger partial charge in [0.15, 0.2) is 28.8 Å². The molecule has 4 aromatic carbocycles.